The van der Waals surface area contributed by atoms with E-state index in [1.807, 2.05) is 11.8 Å². The Bertz CT molecular complexity index is 368. The van der Waals surface area contributed by atoms with Gasteiger partial charge in [-0.2, -0.15) is 0 Å². The molecule has 2 amide bonds. The van der Waals surface area contributed by atoms with Crippen molar-refractivity contribution in [3.8, 4) is 0 Å². The smallest absolute Gasteiger partial charge is 0.320 e. The number of urea groups is 1. The molecule has 1 saturated carbocycles. The molecule has 1 heterocycles. The van der Waals surface area contributed by atoms with Gasteiger partial charge in [-0.15, -0.1) is 0 Å². The van der Waals surface area contributed by atoms with Crippen LogP contribution in [0.25, 0.3) is 0 Å². The highest BCUT2D eigenvalue weighted by atomic mass is 16.4. The second-order valence-corrected chi connectivity index (χ2v) is 5.82. The molecule has 108 valence electrons. The van der Waals surface area contributed by atoms with Crippen LogP contribution in [0, 0.1) is 5.41 Å². The number of carboxylic acid groups (broad SMARTS) is 1. The van der Waals surface area contributed by atoms with Crippen LogP contribution in [0.2, 0.25) is 0 Å². The van der Waals surface area contributed by atoms with Crippen LogP contribution in [0.5, 0.6) is 0 Å². The summed E-state index contributed by atoms with van der Waals surface area (Å²) < 4.78 is 0. The number of hydrogen-bond acceptors (Lipinski definition) is 2. The lowest BCUT2D eigenvalue weighted by Crippen LogP contribution is -2.45. The molecule has 2 fully saturated rings. The molecule has 0 bridgehead atoms. The maximum absolute atomic E-state index is 12.5. The first-order chi connectivity index (χ1) is 9.04. The van der Waals surface area contributed by atoms with Gasteiger partial charge >= 0.3 is 12.0 Å². The number of nitrogens with zero attached hydrogens (tertiary/aromatic N) is 2. The Kier molecular flexibility index (Phi) is 4.02. The van der Waals surface area contributed by atoms with E-state index in [0.29, 0.717) is 32.0 Å². The zero-order valence-electron chi connectivity index (χ0n) is 11.9. The van der Waals surface area contributed by atoms with Gasteiger partial charge < -0.3 is 14.9 Å². The molecule has 5 nitrogen and oxygen atoms in total. The highest BCUT2D eigenvalue weighted by Crippen LogP contribution is 2.36. The summed E-state index contributed by atoms with van der Waals surface area (Å²) in [6.45, 7) is 5.69. The predicted molar refractivity (Wildman–Crippen MR) is 72.0 cm³/mol. The van der Waals surface area contributed by atoms with Gasteiger partial charge in [0.25, 0.3) is 0 Å². The molecule has 0 aromatic heterocycles. The minimum Gasteiger partial charge on any atom is -0.481 e. The van der Waals surface area contributed by atoms with Gasteiger partial charge in [0.05, 0.1) is 5.41 Å². The molecule has 2 aliphatic rings. The fourth-order valence-corrected chi connectivity index (χ4v) is 2.89. The zero-order valence-corrected chi connectivity index (χ0v) is 11.9. The Morgan fingerprint density at radius 2 is 2.05 bits per heavy atom. The number of carbonyl (C=O) groups excluding carboxylic acids is 1. The summed E-state index contributed by atoms with van der Waals surface area (Å²) in [5.41, 5.74) is -0.725. The van der Waals surface area contributed by atoms with Crippen molar-refractivity contribution >= 4 is 12.0 Å². The van der Waals surface area contributed by atoms with E-state index in [1.54, 1.807) is 4.90 Å². The molecule has 2 rings (SSSR count). The lowest BCUT2D eigenvalue weighted by atomic mass is 9.84. The van der Waals surface area contributed by atoms with Gasteiger partial charge in [0, 0.05) is 25.7 Å². The van der Waals surface area contributed by atoms with Gasteiger partial charge in [-0.25, -0.2) is 4.79 Å². The first-order valence-electron chi connectivity index (χ1n) is 7.33. The molecule has 1 unspecified atom stereocenters. The molecule has 19 heavy (non-hydrogen) atoms. The molecule has 1 saturated heterocycles. The van der Waals surface area contributed by atoms with Crippen LogP contribution >= 0.6 is 0 Å². The average Bonchev–Trinajstić information content (AvgIpc) is 3.13. The van der Waals surface area contributed by atoms with Crippen molar-refractivity contribution in [1.29, 1.82) is 0 Å². The third kappa shape index (κ3) is 2.69. The Balaban J connectivity index is 2.02. The molecule has 1 atom stereocenters. The largest absolute Gasteiger partial charge is 0.481 e. The van der Waals surface area contributed by atoms with Crippen LogP contribution < -0.4 is 0 Å². The number of likely N-dealkylation sites (tertiary alicyclic amines) is 1. The molecule has 0 radical (unpaired) electrons. The van der Waals surface area contributed by atoms with Crippen LogP contribution in [0.1, 0.15) is 46.0 Å². The number of aliphatic carboxylic acids is 1. The predicted octanol–water partition coefficient (Wildman–Crippen LogP) is 2.17. The minimum absolute atomic E-state index is 0.0425. The van der Waals surface area contributed by atoms with E-state index in [1.165, 1.54) is 0 Å². The molecule has 0 spiro atoms. The molecule has 0 aromatic carbocycles. The first-order valence-corrected chi connectivity index (χ1v) is 7.33. The van der Waals surface area contributed by atoms with E-state index in [2.05, 4.69) is 6.92 Å². The van der Waals surface area contributed by atoms with Crippen LogP contribution in [0.4, 0.5) is 4.79 Å². The van der Waals surface area contributed by atoms with Crippen LogP contribution in [-0.4, -0.2) is 52.6 Å². The molecule has 1 aliphatic carbocycles. The highest BCUT2D eigenvalue weighted by molar-refractivity contribution is 5.80. The van der Waals surface area contributed by atoms with Gasteiger partial charge in [-0.1, -0.05) is 13.8 Å². The quantitative estimate of drug-likeness (QED) is 0.831. The third-order valence-corrected chi connectivity index (χ3v) is 4.45. The molecule has 0 aromatic rings. The van der Waals surface area contributed by atoms with E-state index >= 15 is 0 Å². The number of amides is 2. The van der Waals surface area contributed by atoms with Crippen molar-refractivity contribution < 1.29 is 14.7 Å². The fraction of sp³-hybridized carbons (Fsp3) is 0.857. The topological polar surface area (TPSA) is 60.9 Å². The first kappa shape index (κ1) is 14.2. The van der Waals surface area contributed by atoms with Crippen molar-refractivity contribution in [2.45, 2.75) is 52.0 Å². The van der Waals surface area contributed by atoms with Gasteiger partial charge in [0.15, 0.2) is 0 Å². The number of carboxylic acids is 1. The summed E-state index contributed by atoms with van der Waals surface area (Å²) in [6.07, 6.45) is 4.31. The SMILES string of the molecule is CCCN(C(=O)N1CCC(CC)(C(=O)O)C1)C1CC1. The summed E-state index contributed by atoms with van der Waals surface area (Å²) in [7, 11) is 0. The summed E-state index contributed by atoms with van der Waals surface area (Å²) in [5.74, 6) is -0.765. The van der Waals surface area contributed by atoms with E-state index < -0.39 is 11.4 Å². The maximum atomic E-state index is 12.5. The summed E-state index contributed by atoms with van der Waals surface area (Å²) in [6, 6.07) is 0.440. The number of rotatable bonds is 5. The molecule has 5 heteroatoms. The maximum Gasteiger partial charge on any atom is 0.320 e. The van der Waals surface area contributed by atoms with E-state index in [4.69, 9.17) is 0 Å². The van der Waals surface area contributed by atoms with Crippen molar-refractivity contribution in [2.24, 2.45) is 5.41 Å². The van der Waals surface area contributed by atoms with Crippen LogP contribution in [0.3, 0.4) is 0 Å². The fourth-order valence-electron chi connectivity index (χ4n) is 2.89. The minimum atomic E-state index is -0.765. The highest BCUT2D eigenvalue weighted by Gasteiger charge is 2.46. The number of carbonyl (C=O) groups is 2. The average molecular weight is 268 g/mol. The Morgan fingerprint density at radius 3 is 2.47 bits per heavy atom. The van der Waals surface area contributed by atoms with Crippen LogP contribution in [-0.2, 0) is 4.79 Å². The Morgan fingerprint density at radius 1 is 1.37 bits per heavy atom. The molecule has 1 N–H and O–H groups in total. The van der Waals surface area contributed by atoms with Crippen molar-refractivity contribution in [2.75, 3.05) is 19.6 Å². The van der Waals surface area contributed by atoms with E-state index in [9.17, 15) is 14.7 Å². The summed E-state index contributed by atoms with van der Waals surface area (Å²) >= 11 is 0. The standard InChI is InChI=1S/C14H24N2O3/c1-3-8-16(11-5-6-11)13(19)15-9-7-14(4-2,10-15)12(17)18/h11H,3-10H2,1-2H3,(H,17,18). The summed E-state index contributed by atoms with van der Waals surface area (Å²) in [4.78, 5) is 27.6. The second-order valence-electron chi connectivity index (χ2n) is 5.82. The second kappa shape index (κ2) is 5.39. The van der Waals surface area contributed by atoms with Crippen molar-refractivity contribution in [3.05, 3.63) is 0 Å². The molecule has 1 aliphatic heterocycles. The Labute approximate surface area is 114 Å². The van der Waals surface area contributed by atoms with Crippen LogP contribution in [0.15, 0.2) is 0 Å². The van der Waals surface area contributed by atoms with Gasteiger partial charge in [0.1, 0.15) is 0 Å². The van der Waals surface area contributed by atoms with Gasteiger partial charge in [-0.05, 0) is 32.1 Å². The van der Waals surface area contributed by atoms with E-state index in [0.717, 1.165) is 25.8 Å². The third-order valence-electron chi connectivity index (χ3n) is 4.45. The summed E-state index contributed by atoms with van der Waals surface area (Å²) in [5, 5.41) is 9.38. The normalized spacial score (nSPS) is 26.5. The van der Waals surface area contributed by atoms with E-state index in [-0.39, 0.29) is 6.03 Å². The number of hydrogen-bond donors (Lipinski definition) is 1. The molecular formula is C14H24N2O3. The van der Waals surface area contributed by atoms with Gasteiger partial charge in [-0.3, -0.25) is 4.79 Å². The van der Waals surface area contributed by atoms with Crippen molar-refractivity contribution in [3.63, 3.8) is 0 Å². The lowest BCUT2D eigenvalue weighted by Gasteiger charge is -2.29. The van der Waals surface area contributed by atoms with Crippen molar-refractivity contribution in [1.82, 2.24) is 9.80 Å². The lowest BCUT2D eigenvalue weighted by molar-refractivity contribution is -0.148. The zero-order chi connectivity index (χ0) is 14.0. The molecular weight excluding hydrogens is 244 g/mol. The van der Waals surface area contributed by atoms with Gasteiger partial charge in [0.2, 0.25) is 0 Å². The Hall–Kier alpha value is -1.26. The monoisotopic (exact) mass is 268 g/mol.